The highest BCUT2D eigenvalue weighted by atomic mass is 79.9. The van der Waals surface area contributed by atoms with Gasteiger partial charge in [0.25, 0.3) is 0 Å². The van der Waals surface area contributed by atoms with Crippen LogP contribution in [0, 0.1) is 6.92 Å². The Morgan fingerprint density at radius 2 is 2.21 bits per heavy atom. The molecule has 2 aromatic rings. The molecule has 0 saturated carbocycles. The number of nitrogens with one attached hydrogen (secondary N) is 1. The molecule has 0 fully saturated rings. The summed E-state index contributed by atoms with van der Waals surface area (Å²) in [6.45, 7) is 3.88. The zero-order valence-corrected chi connectivity index (χ0v) is 12.6. The fraction of sp³-hybridized carbons (Fsp3) is 0.429. The lowest BCUT2D eigenvalue weighted by Crippen LogP contribution is -2.15. The van der Waals surface area contributed by atoms with Crippen molar-refractivity contribution in [2.75, 3.05) is 5.32 Å². The maximum atomic E-state index is 4.29. The Morgan fingerprint density at radius 3 is 3.05 bits per heavy atom. The van der Waals surface area contributed by atoms with Crippen LogP contribution < -0.4 is 5.32 Å². The van der Waals surface area contributed by atoms with Crippen LogP contribution in [0.25, 0.3) is 0 Å². The molecule has 0 radical (unpaired) electrons. The molecule has 1 aromatic heterocycles. The third-order valence-electron chi connectivity index (χ3n) is 3.54. The molecule has 0 amide bonds. The van der Waals surface area contributed by atoms with E-state index in [0.717, 1.165) is 41.3 Å². The summed E-state index contributed by atoms with van der Waals surface area (Å²) in [6.07, 6.45) is 3.53. The highest BCUT2D eigenvalue weighted by Crippen LogP contribution is 2.21. The van der Waals surface area contributed by atoms with Gasteiger partial charge in [0.2, 0.25) is 0 Å². The second-order valence-corrected chi connectivity index (χ2v) is 5.81. The van der Waals surface area contributed by atoms with Crippen LogP contribution in [0.5, 0.6) is 0 Å². The molecular weight excluding hydrogens is 304 g/mol. The molecule has 5 heteroatoms. The molecule has 19 heavy (non-hydrogen) atoms. The molecule has 0 bridgehead atoms. The van der Waals surface area contributed by atoms with Gasteiger partial charge < -0.3 is 9.88 Å². The van der Waals surface area contributed by atoms with Crippen molar-refractivity contribution < 1.29 is 0 Å². The zero-order chi connectivity index (χ0) is 13.2. The van der Waals surface area contributed by atoms with Crippen LogP contribution in [0.4, 0.5) is 5.69 Å². The smallest absolute Gasteiger partial charge is 0.152 e. The molecule has 3 rings (SSSR count). The van der Waals surface area contributed by atoms with Gasteiger partial charge in [-0.15, -0.1) is 10.2 Å². The molecule has 0 aliphatic carbocycles. The summed E-state index contributed by atoms with van der Waals surface area (Å²) in [5, 5.41) is 12.0. The molecule has 1 N–H and O–H groups in total. The Hall–Kier alpha value is -1.36. The quantitative estimate of drug-likeness (QED) is 0.943. The lowest BCUT2D eigenvalue weighted by atomic mass is 10.1. The van der Waals surface area contributed by atoms with Crippen molar-refractivity contribution in [1.82, 2.24) is 14.8 Å². The first-order valence-corrected chi connectivity index (χ1v) is 7.44. The Morgan fingerprint density at radius 1 is 1.32 bits per heavy atom. The van der Waals surface area contributed by atoms with E-state index in [1.807, 2.05) is 0 Å². The summed E-state index contributed by atoms with van der Waals surface area (Å²) in [5.41, 5.74) is 2.35. The molecule has 1 aliphatic heterocycles. The summed E-state index contributed by atoms with van der Waals surface area (Å²) in [5.74, 6) is 2.17. The number of rotatable bonds is 3. The average molecular weight is 321 g/mol. The predicted octanol–water partition coefficient (Wildman–Crippen LogP) is 3.30. The highest BCUT2D eigenvalue weighted by molar-refractivity contribution is 9.10. The van der Waals surface area contributed by atoms with E-state index in [1.54, 1.807) is 0 Å². The van der Waals surface area contributed by atoms with E-state index >= 15 is 0 Å². The van der Waals surface area contributed by atoms with Gasteiger partial charge in [0, 0.05) is 23.1 Å². The molecule has 0 spiro atoms. The van der Waals surface area contributed by atoms with Crippen molar-refractivity contribution in [3.05, 3.63) is 39.9 Å². The van der Waals surface area contributed by atoms with Gasteiger partial charge in [0.15, 0.2) is 5.82 Å². The van der Waals surface area contributed by atoms with E-state index < -0.39 is 0 Å². The maximum Gasteiger partial charge on any atom is 0.152 e. The molecule has 0 saturated heterocycles. The van der Waals surface area contributed by atoms with Crippen molar-refractivity contribution in [1.29, 1.82) is 0 Å². The number of aryl methyl sites for hydroxylation is 2. The third kappa shape index (κ3) is 2.66. The van der Waals surface area contributed by atoms with Crippen LogP contribution in [0.2, 0.25) is 0 Å². The maximum absolute atomic E-state index is 4.29. The third-order valence-corrected chi connectivity index (χ3v) is 4.43. The van der Waals surface area contributed by atoms with Gasteiger partial charge in [0.05, 0.1) is 6.54 Å². The molecule has 2 heterocycles. The Bertz CT molecular complexity index is 591. The van der Waals surface area contributed by atoms with Crippen molar-refractivity contribution in [3.8, 4) is 0 Å². The van der Waals surface area contributed by atoms with Gasteiger partial charge in [-0.05, 0) is 43.5 Å². The summed E-state index contributed by atoms with van der Waals surface area (Å²) in [4.78, 5) is 0. The summed E-state index contributed by atoms with van der Waals surface area (Å²) >= 11 is 3.51. The standard InChI is InChI=1S/C14H17BrN4/c1-10-8-11(5-6-12(10)15)16-9-14-18-17-13-4-2-3-7-19(13)14/h5-6,8,16H,2-4,7,9H2,1H3. The minimum atomic E-state index is 0.730. The van der Waals surface area contributed by atoms with E-state index in [0.29, 0.717) is 0 Å². The summed E-state index contributed by atoms with van der Waals surface area (Å²) in [6, 6.07) is 6.28. The predicted molar refractivity (Wildman–Crippen MR) is 79.2 cm³/mol. The van der Waals surface area contributed by atoms with Crippen molar-refractivity contribution in [2.45, 2.75) is 39.3 Å². The number of nitrogens with zero attached hydrogens (tertiary/aromatic N) is 3. The number of hydrogen-bond donors (Lipinski definition) is 1. The van der Waals surface area contributed by atoms with Crippen LogP contribution in [-0.2, 0) is 19.5 Å². The Labute approximate surface area is 121 Å². The van der Waals surface area contributed by atoms with Gasteiger partial charge in [-0.2, -0.15) is 0 Å². The molecule has 4 nitrogen and oxygen atoms in total. The van der Waals surface area contributed by atoms with E-state index in [1.165, 1.54) is 18.4 Å². The Kier molecular flexibility index (Phi) is 3.55. The van der Waals surface area contributed by atoms with Gasteiger partial charge in [-0.3, -0.25) is 0 Å². The van der Waals surface area contributed by atoms with Gasteiger partial charge in [-0.1, -0.05) is 15.9 Å². The molecule has 0 atom stereocenters. The second-order valence-electron chi connectivity index (χ2n) is 4.96. The largest absolute Gasteiger partial charge is 0.378 e. The van der Waals surface area contributed by atoms with Crippen LogP contribution in [0.1, 0.15) is 30.1 Å². The first-order valence-electron chi connectivity index (χ1n) is 6.65. The van der Waals surface area contributed by atoms with E-state index in [4.69, 9.17) is 0 Å². The van der Waals surface area contributed by atoms with Crippen LogP contribution in [-0.4, -0.2) is 14.8 Å². The minimum absolute atomic E-state index is 0.730. The van der Waals surface area contributed by atoms with Crippen molar-refractivity contribution >= 4 is 21.6 Å². The van der Waals surface area contributed by atoms with Crippen LogP contribution in [0.3, 0.4) is 0 Å². The van der Waals surface area contributed by atoms with E-state index in [2.05, 4.69) is 61.1 Å². The monoisotopic (exact) mass is 320 g/mol. The van der Waals surface area contributed by atoms with Crippen LogP contribution >= 0.6 is 15.9 Å². The van der Waals surface area contributed by atoms with Gasteiger partial charge in [0.1, 0.15) is 5.82 Å². The summed E-state index contributed by atoms with van der Waals surface area (Å²) < 4.78 is 3.39. The summed E-state index contributed by atoms with van der Waals surface area (Å²) in [7, 11) is 0. The van der Waals surface area contributed by atoms with Gasteiger partial charge >= 0.3 is 0 Å². The van der Waals surface area contributed by atoms with Crippen LogP contribution in [0.15, 0.2) is 22.7 Å². The molecule has 1 aliphatic rings. The van der Waals surface area contributed by atoms with Crippen molar-refractivity contribution in [2.24, 2.45) is 0 Å². The number of halogens is 1. The fourth-order valence-corrected chi connectivity index (χ4v) is 2.68. The number of anilines is 1. The normalized spacial score (nSPS) is 14.2. The number of fused-ring (bicyclic) bond motifs is 1. The SMILES string of the molecule is Cc1cc(NCc2nnc3n2CCCC3)ccc1Br. The number of aromatic nitrogens is 3. The molecule has 100 valence electrons. The lowest BCUT2D eigenvalue weighted by molar-refractivity contribution is 0.510. The van der Waals surface area contributed by atoms with Crippen molar-refractivity contribution in [3.63, 3.8) is 0 Å². The first kappa shape index (κ1) is 12.7. The van der Waals surface area contributed by atoms with E-state index in [9.17, 15) is 0 Å². The molecule has 1 aromatic carbocycles. The molecule has 0 unspecified atom stereocenters. The fourth-order valence-electron chi connectivity index (χ4n) is 2.44. The van der Waals surface area contributed by atoms with E-state index in [-0.39, 0.29) is 0 Å². The lowest BCUT2D eigenvalue weighted by Gasteiger charge is -2.15. The topological polar surface area (TPSA) is 42.7 Å². The van der Waals surface area contributed by atoms with Gasteiger partial charge in [-0.25, -0.2) is 0 Å². The zero-order valence-electron chi connectivity index (χ0n) is 11.0. The minimum Gasteiger partial charge on any atom is -0.378 e. The number of benzene rings is 1. The second kappa shape index (κ2) is 5.33. The average Bonchev–Trinajstić information content (AvgIpc) is 2.83. The highest BCUT2D eigenvalue weighted by Gasteiger charge is 2.15. The first-order chi connectivity index (χ1) is 9.24. The Balaban J connectivity index is 1.72. The number of hydrogen-bond acceptors (Lipinski definition) is 3. The molecular formula is C14H17BrN4.